The molecule has 7 heteroatoms. The van der Waals surface area contributed by atoms with Crippen LogP contribution in [0.1, 0.15) is 29.8 Å². The number of halogens is 1. The summed E-state index contributed by atoms with van der Waals surface area (Å²) in [5, 5.41) is 7.02. The van der Waals surface area contributed by atoms with Crippen LogP contribution in [0.2, 0.25) is 0 Å². The molecule has 0 radical (unpaired) electrons. The van der Waals surface area contributed by atoms with Crippen LogP contribution in [-0.2, 0) is 4.74 Å². The Bertz CT molecular complexity index is 1040. The summed E-state index contributed by atoms with van der Waals surface area (Å²) in [6, 6.07) is 11.9. The van der Waals surface area contributed by atoms with Gasteiger partial charge in [0.15, 0.2) is 0 Å². The van der Waals surface area contributed by atoms with Gasteiger partial charge in [-0.1, -0.05) is 0 Å². The molecule has 2 atom stereocenters. The van der Waals surface area contributed by atoms with E-state index < -0.39 is 0 Å². The molecule has 4 rings (SSSR count). The molecule has 1 aliphatic rings. The number of rotatable bonds is 4. The predicted octanol–water partition coefficient (Wildman–Crippen LogP) is 4.19. The smallest absolute Gasteiger partial charge is 0.255 e. The lowest BCUT2D eigenvalue weighted by Crippen LogP contribution is -2.45. The van der Waals surface area contributed by atoms with Crippen molar-refractivity contribution in [2.75, 3.05) is 23.3 Å². The van der Waals surface area contributed by atoms with Gasteiger partial charge in [0.25, 0.3) is 5.91 Å². The first kappa shape index (κ1) is 20.1. The summed E-state index contributed by atoms with van der Waals surface area (Å²) in [7, 11) is 0. The minimum atomic E-state index is -0.363. The predicted molar refractivity (Wildman–Crippen MR) is 115 cm³/mol. The van der Waals surface area contributed by atoms with Gasteiger partial charge in [-0.05, 0) is 68.8 Å². The van der Waals surface area contributed by atoms with Crippen LogP contribution in [0.3, 0.4) is 0 Å². The maximum Gasteiger partial charge on any atom is 0.255 e. The summed E-state index contributed by atoms with van der Waals surface area (Å²) in [5.41, 5.74) is 3.35. The SMILES string of the molecule is Cc1cnn(-c2ccc(C(=O)Nc3ccc(N4CC(C)OC(C)C4)c(F)c3)cc2)c1. The van der Waals surface area contributed by atoms with Crippen LogP contribution in [-0.4, -0.2) is 41.0 Å². The number of anilines is 2. The van der Waals surface area contributed by atoms with Crippen LogP contribution in [0, 0.1) is 12.7 Å². The number of amides is 1. The van der Waals surface area contributed by atoms with Crippen molar-refractivity contribution in [2.24, 2.45) is 0 Å². The molecule has 1 saturated heterocycles. The van der Waals surface area contributed by atoms with E-state index in [1.54, 1.807) is 35.1 Å². The van der Waals surface area contributed by atoms with Crippen molar-refractivity contribution in [3.05, 3.63) is 71.8 Å². The minimum absolute atomic E-state index is 0.0427. The highest BCUT2D eigenvalue weighted by molar-refractivity contribution is 6.04. The fourth-order valence-corrected chi connectivity index (χ4v) is 3.74. The molecule has 0 saturated carbocycles. The fourth-order valence-electron chi connectivity index (χ4n) is 3.74. The highest BCUT2D eigenvalue weighted by atomic mass is 19.1. The molecule has 1 N–H and O–H groups in total. The van der Waals surface area contributed by atoms with Crippen LogP contribution in [0.4, 0.5) is 15.8 Å². The third-order valence-electron chi connectivity index (χ3n) is 5.07. The van der Waals surface area contributed by atoms with Gasteiger partial charge in [-0.3, -0.25) is 4.79 Å². The molecular weight excluding hydrogens is 383 g/mol. The second-order valence-electron chi connectivity index (χ2n) is 7.79. The summed E-state index contributed by atoms with van der Waals surface area (Å²) in [6.45, 7) is 7.20. The van der Waals surface area contributed by atoms with Crippen molar-refractivity contribution in [1.82, 2.24) is 9.78 Å². The lowest BCUT2D eigenvalue weighted by Gasteiger charge is -2.37. The number of hydrogen-bond donors (Lipinski definition) is 1. The quantitative estimate of drug-likeness (QED) is 0.703. The maximum atomic E-state index is 14.7. The molecule has 2 aromatic carbocycles. The number of hydrogen-bond acceptors (Lipinski definition) is 4. The Morgan fingerprint density at radius 3 is 2.43 bits per heavy atom. The molecule has 1 fully saturated rings. The van der Waals surface area contributed by atoms with Crippen molar-refractivity contribution in [1.29, 1.82) is 0 Å². The first-order valence-corrected chi connectivity index (χ1v) is 10.0. The van der Waals surface area contributed by atoms with Gasteiger partial charge in [0.2, 0.25) is 0 Å². The number of benzene rings is 2. The van der Waals surface area contributed by atoms with Gasteiger partial charge in [-0.2, -0.15) is 5.10 Å². The zero-order chi connectivity index (χ0) is 21.3. The first-order chi connectivity index (χ1) is 14.4. The molecule has 1 amide bonds. The molecule has 0 bridgehead atoms. The molecule has 0 spiro atoms. The van der Waals surface area contributed by atoms with Crippen molar-refractivity contribution >= 4 is 17.3 Å². The topological polar surface area (TPSA) is 59.4 Å². The van der Waals surface area contributed by atoms with Gasteiger partial charge in [0.05, 0.1) is 29.8 Å². The molecule has 1 aliphatic heterocycles. The van der Waals surface area contributed by atoms with Crippen LogP contribution < -0.4 is 10.2 Å². The molecule has 6 nitrogen and oxygen atoms in total. The number of ether oxygens (including phenoxy) is 1. The summed E-state index contributed by atoms with van der Waals surface area (Å²) >= 11 is 0. The Hall–Kier alpha value is -3.19. The van der Waals surface area contributed by atoms with Gasteiger partial charge in [0, 0.05) is 30.5 Å². The zero-order valence-electron chi connectivity index (χ0n) is 17.3. The standard InChI is InChI=1S/C23H25FN4O2/c1-15-11-25-28(12-15)20-7-4-18(5-8-20)23(29)26-19-6-9-22(21(24)10-19)27-13-16(2)30-17(3)14-27/h4-12,16-17H,13-14H2,1-3H3,(H,26,29). The fraction of sp³-hybridized carbons (Fsp3) is 0.304. The van der Waals surface area contributed by atoms with E-state index in [9.17, 15) is 9.18 Å². The van der Waals surface area contributed by atoms with Gasteiger partial charge >= 0.3 is 0 Å². The Labute approximate surface area is 175 Å². The normalized spacial score (nSPS) is 19.0. The number of aromatic nitrogens is 2. The molecule has 1 aromatic heterocycles. The van der Waals surface area contributed by atoms with Crippen LogP contribution in [0.15, 0.2) is 54.9 Å². The highest BCUT2D eigenvalue weighted by Crippen LogP contribution is 2.26. The van der Waals surface area contributed by atoms with E-state index in [0.29, 0.717) is 30.0 Å². The Kier molecular flexibility index (Phi) is 5.55. The first-order valence-electron chi connectivity index (χ1n) is 10.0. The molecule has 30 heavy (non-hydrogen) atoms. The van der Waals surface area contributed by atoms with E-state index in [1.165, 1.54) is 6.07 Å². The second-order valence-corrected chi connectivity index (χ2v) is 7.79. The Morgan fingerprint density at radius 2 is 1.83 bits per heavy atom. The Balaban J connectivity index is 1.45. The molecular formula is C23H25FN4O2. The van der Waals surface area contributed by atoms with Gasteiger partial charge in [-0.25, -0.2) is 9.07 Å². The summed E-state index contributed by atoms with van der Waals surface area (Å²) in [6.07, 6.45) is 3.77. The maximum absolute atomic E-state index is 14.7. The van der Waals surface area contributed by atoms with Crippen molar-refractivity contribution in [2.45, 2.75) is 33.0 Å². The van der Waals surface area contributed by atoms with E-state index in [0.717, 1.165) is 11.3 Å². The average molecular weight is 408 g/mol. The lowest BCUT2D eigenvalue weighted by molar-refractivity contribution is -0.00539. The Morgan fingerprint density at radius 1 is 1.13 bits per heavy atom. The zero-order valence-corrected chi connectivity index (χ0v) is 17.3. The van der Waals surface area contributed by atoms with E-state index >= 15 is 0 Å². The summed E-state index contributed by atoms with van der Waals surface area (Å²) in [4.78, 5) is 14.5. The van der Waals surface area contributed by atoms with Crippen molar-refractivity contribution < 1.29 is 13.9 Å². The molecule has 0 aliphatic carbocycles. The highest BCUT2D eigenvalue weighted by Gasteiger charge is 2.24. The molecule has 156 valence electrons. The van der Waals surface area contributed by atoms with Crippen LogP contribution >= 0.6 is 0 Å². The van der Waals surface area contributed by atoms with E-state index in [1.807, 2.05) is 44.0 Å². The van der Waals surface area contributed by atoms with E-state index in [-0.39, 0.29) is 23.9 Å². The third-order valence-corrected chi connectivity index (χ3v) is 5.07. The number of aryl methyl sites for hydroxylation is 1. The van der Waals surface area contributed by atoms with Gasteiger partial charge in [0.1, 0.15) is 5.82 Å². The van der Waals surface area contributed by atoms with Crippen molar-refractivity contribution in [3.8, 4) is 5.69 Å². The summed E-state index contributed by atoms with van der Waals surface area (Å²) in [5.74, 6) is -0.655. The number of nitrogens with zero attached hydrogens (tertiary/aromatic N) is 3. The van der Waals surface area contributed by atoms with Crippen LogP contribution in [0.25, 0.3) is 5.69 Å². The number of morpholine rings is 1. The van der Waals surface area contributed by atoms with Crippen LogP contribution in [0.5, 0.6) is 0 Å². The summed E-state index contributed by atoms with van der Waals surface area (Å²) < 4.78 is 22.2. The van der Waals surface area contributed by atoms with E-state index in [4.69, 9.17) is 4.74 Å². The number of nitrogens with one attached hydrogen (secondary N) is 1. The molecule has 2 heterocycles. The minimum Gasteiger partial charge on any atom is -0.372 e. The number of carbonyl (C=O) groups excluding carboxylic acids is 1. The third kappa shape index (κ3) is 4.36. The average Bonchev–Trinajstić information content (AvgIpc) is 3.14. The molecule has 2 unspecified atom stereocenters. The number of carbonyl (C=O) groups is 1. The lowest BCUT2D eigenvalue weighted by atomic mass is 10.1. The molecule has 3 aromatic rings. The largest absolute Gasteiger partial charge is 0.372 e. The van der Waals surface area contributed by atoms with E-state index in [2.05, 4.69) is 10.4 Å². The monoisotopic (exact) mass is 408 g/mol. The van der Waals surface area contributed by atoms with Crippen molar-refractivity contribution in [3.63, 3.8) is 0 Å². The second kappa shape index (κ2) is 8.28. The van der Waals surface area contributed by atoms with Gasteiger partial charge in [-0.15, -0.1) is 0 Å². The van der Waals surface area contributed by atoms with Gasteiger partial charge < -0.3 is 15.0 Å².